The Morgan fingerprint density at radius 1 is 1.00 bits per heavy atom. The van der Waals surface area contributed by atoms with Crippen LogP contribution in [-0.2, 0) is 9.59 Å². The summed E-state index contributed by atoms with van der Waals surface area (Å²) in [5.41, 5.74) is 5.23. The highest BCUT2D eigenvalue weighted by Crippen LogP contribution is 2.49. The van der Waals surface area contributed by atoms with E-state index in [1.54, 1.807) is 6.21 Å². The van der Waals surface area contributed by atoms with Crippen molar-refractivity contribution in [2.24, 2.45) is 28.8 Å². The van der Waals surface area contributed by atoms with Gasteiger partial charge in [-0.05, 0) is 69.2 Å². The van der Waals surface area contributed by atoms with Crippen LogP contribution in [0, 0.1) is 44.4 Å². The van der Waals surface area contributed by atoms with E-state index in [-0.39, 0.29) is 35.5 Å². The summed E-state index contributed by atoms with van der Waals surface area (Å²) < 4.78 is 3.21. The van der Waals surface area contributed by atoms with Crippen LogP contribution in [0.4, 0.5) is 0 Å². The predicted molar refractivity (Wildman–Crippen MR) is 119 cm³/mol. The first kappa shape index (κ1) is 19.5. The fourth-order valence-corrected chi connectivity index (χ4v) is 5.70. The molecule has 4 aliphatic rings. The number of amides is 2. The van der Waals surface area contributed by atoms with Gasteiger partial charge in [0.05, 0.1) is 18.1 Å². The third kappa shape index (κ3) is 2.84. The number of fused-ring (bicyclic) bond motifs is 1. The highest BCUT2D eigenvalue weighted by atomic mass is 79.9. The van der Waals surface area contributed by atoms with Crippen LogP contribution in [0.15, 0.2) is 46.0 Å². The number of halogens is 1. The largest absolute Gasteiger partial charge is 0.318 e. The van der Waals surface area contributed by atoms with E-state index < -0.39 is 0 Å². The number of carbonyl (C=O) groups is 2. The maximum Gasteiger partial charge on any atom is 0.254 e. The number of imide groups is 1. The highest BCUT2D eigenvalue weighted by molar-refractivity contribution is 9.10. The van der Waals surface area contributed by atoms with Gasteiger partial charge in [0, 0.05) is 27.1 Å². The first-order valence-electron chi connectivity index (χ1n) is 10.4. The smallest absolute Gasteiger partial charge is 0.254 e. The fraction of sp³-hybridized carbons (Fsp3) is 0.375. The van der Waals surface area contributed by atoms with E-state index in [1.807, 2.05) is 19.9 Å². The zero-order chi connectivity index (χ0) is 21.2. The van der Waals surface area contributed by atoms with Gasteiger partial charge in [0.1, 0.15) is 0 Å². The average Bonchev–Trinajstić information content (AvgIpc) is 3.17. The SMILES string of the molecule is Cc1ccc(-n2c(C)cc(/C=N\N3C(=O)[C@@H]4[C@@H](C3=O)[C@H]3C=C[C@H]4CC3)c2C)cc1Br. The second-order valence-corrected chi connectivity index (χ2v) is 9.52. The van der Waals surface area contributed by atoms with Gasteiger partial charge in [-0.15, -0.1) is 0 Å². The van der Waals surface area contributed by atoms with Crippen molar-refractivity contribution in [2.75, 3.05) is 0 Å². The van der Waals surface area contributed by atoms with Crippen LogP contribution in [0.25, 0.3) is 5.69 Å². The number of benzene rings is 1. The Morgan fingerprint density at radius 3 is 2.20 bits per heavy atom. The normalized spacial score (nSPS) is 27.5. The van der Waals surface area contributed by atoms with Gasteiger partial charge in [0.25, 0.3) is 11.8 Å². The van der Waals surface area contributed by atoms with E-state index in [0.717, 1.165) is 45.0 Å². The molecule has 0 unspecified atom stereocenters. The van der Waals surface area contributed by atoms with Crippen molar-refractivity contribution in [3.05, 3.63) is 63.4 Å². The van der Waals surface area contributed by atoms with Gasteiger partial charge in [0.2, 0.25) is 0 Å². The van der Waals surface area contributed by atoms with E-state index in [2.05, 4.69) is 62.9 Å². The zero-order valence-corrected chi connectivity index (χ0v) is 18.9. The lowest BCUT2D eigenvalue weighted by Gasteiger charge is -2.37. The molecular weight excluding hydrogens is 442 g/mol. The van der Waals surface area contributed by atoms with Crippen molar-refractivity contribution in [1.82, 2.24) is 9.58 Å². The van der Waals surface area contributed by atoms with Crippen molar-refractivity contribution in [1.29, 1.82) is 0 Å². The van der Waals surface area contributed by atoms with E-state index >= 15 is 0 Å². The molecule has 0 spiro atoms. The third-order valence-corrected chi connectivity index (χ3v) is 7.79. The van der Waals surface area contributed by atoms with Crippen LogP contribution in [0.3, 0.4) is 0 Å². The summed E-state index contributed by atoms with van der Waals surface area (Å²) in [7, 11) is 0. The highest BCUT2D eigenvalue weighted by Gasteiger charge is 2.56. The van der Waals surface area contributed by atoms with Crippen LogP contribution in [0.5, 0.6) is 0 Å². The lowest BCUT2D eigenvalue weighted by atomic mass is 9.63. The zero-order valence-electron chi connectivity index (χ0n) is 17.3. The van der Waals surface area contributed by atoms with Gasteiger partial charge in [-0.1, -0.05) is 34.1 Å². The van der Waals surface area contributed by atoms with E-state index in [4.69, 9.17) is 0 Å². The maximum absolute atomic E-state index is 13.0. The molecule has 6 rings (SSSR count). The Kier molecular flexibility index (Phi) is 4.58. The molecule has 1 aromatic carbocycles. The fourth-order valence-electron chi connectivity index (χ4n) is 5.33. The van der Waals surface area contributed by atoms with E-state index in [0.29, 0.717) is 0 Å². The molecule has 1 aromatic heterocycles. The predicted octanol–water partition coefficient (Wildman–Crippen LogP) is 4.70. The molecule has 1 saturated carbocycles. The summed E-state index contributed by atoms with van der Waals surface area (Å²) in [6, 6.07) is 8.30. The van der Waals surface area contributed by atoms with Gasteiger partial charge >= 0.3 is 0 Å². The number of hydrogen-bond donors (Lipinski definition) is 0. The van der Waals surface area contributed by atoms with Crippen molar-refractivity contribution in [3.63, 3.8) is 0 Å². The Morgan fingerprint density at radius 2 is 1.63 bits per heavy atom. The molecule has 3 aliphatic carbocycles. The summed E-state index contributed by atoms with van der Waals surface area (Å²) in [6.07, 6.45) is 7.89. The summed E-state index contributed by atoms with van der Waals surface area (Å²) in [6.45, 7) is 6.13. The molecule has 30 heavy (non-hydrogen) atoms. The van der Waals surface area contributed by atoms with Crippen molar-refractivity contribution in [3.8, 4) is 5.69 Å². The number of hydrazone groups is 1. The van der Waals surface area contributed by atoms with Gasteiger partial charge in [-0.25, -0.2) is 0 Å². The molecule has 2 amide bonds. The lowest BCUT2D eigenvalue weighted by molar-refractivity contribution is -0.140. The first-order valence-corrected chi connectivity index (χ1v) is 11.2. The molecule has 1 saturated heterocycles. The van der Waals surface area contributed by atoms with Crippen LogP contribution in [0.2, 0.25) is 0 Å². The van der Waals surface area contributed by atoms with Crippen molar-refractivity contribution in [2.45, 2.75) is 33.6 Å². The van der Waals surface area contributed by atoms with E-state index in [1.165, 1.54) is 5.56 Å². The Bertz CT molecular complexity index is 1100. The third-order valence-electron chi connectivity index (χ3n) is 6.93. The molecule has 1 aliphatic heterocycles. The van der Waals surface area contributed by atoms with Crippen LogP contribution in [-0.4, -0.2) is 27.6 Å². The van der Waals surface area contributed by atoms with Gasteiger partial charge in [0.15, 0.2) is 0 Å². The van der Waals surface area contributed by atoms with Crippen molar-refractivity contribution >= 4 is 34.0 Å². The molecule has 2 aromatic rings. The molecule has 2 heterocycles. The molecule has 0 N–H and O–H groups in total. The Hall–Kier alpha value is -2.47. The van der Waals surface area contributed by atoms with Crippen LogP contribution in [0.1, 0.15) is 35.4 Å². The monoisotopic (exact) mass is 465 g/mol. The number of nitrogens with zero attached hydrogens (tertiary/aromatic N) is 3. The molecule has 2 fully saturated rings. The van der Waals surface area contributed by atoms with Crippen LogP contribution < -0.4 is 0 Å². The minimum atomic E-state index is -0.226. The average molecular weight is 466 g/mol. The topological polar surface area (TPSA) is 54.7 Å². The number of allylic oxidation sites excluding steroid dienone is 2. The summed E-state index contributed by atoms with van der Waals surface area (Å²) >= 11 is 3.61. The van der Waals surface area contributed by atoms with Gasteiger partial charge in [-0.2, -0.15) is 10.1 Å². The van der Waals surface area contributed by atoms with Gasteiger partial charge < -0.3 is 4.57 Å². The number of rotatable bonds is 3. The summed E-state index contributed by atoms with van der Waals surface area (Å²) in [5, 5.41) is 5.50. The number of carbonyl (C=O) groups excluding carboxylic acids is 2. The maximum atomic E-state index is 13.0. The minimum absolute atomic E-state index is 0.142. The van der Waals surface area contributed by atoms with Gasteiger partial charge in [-0.3, -0.25) is 9.59 Å². The molecule has 2 bridgehead atoms. The second kappa shape index (κ2) is 7.05. The summed E-state index contributed by atoms with van der Waals surface area (Å²) in [4.78, 5) is 25.9. The molecule has 5 nitrogen and oxygen atoms in total. The quantitative estimate of drug-likeness (QED) is 0.374. The molecule has 0 radical (unpaired) electrons. The Balaban J connectivity index is 1.45. The summed E-state index contributed by atoms with van der Waals surface area (Å²) in [5.74, 6) is -0.372. The molecule has 4 atom stereocenters. The lowest BCUT2D eigenvalue weighted by Crippen LogP contribution is -2.38. The minimum Gasteiger partial charge on any atom is -0.318 e. The first-order chi connectivity index (χ1) is 14.4. The second-order valence-electron chi connectivity index (χ2n) is 8.67. The molecule has 6 heteroatoms. The van der Waals surface area contributed by atoms with Crippen molar-refractivity contribution < 1.29 is 9.59 Å². The number of hydrogen-bond acceptors (Lipinski definition) is 3. The number of aryl methyl sites for hydroxylation is 2. The Labute approximate surface area is 184 Å². The van der Waals surface area contributed by atoms with Crippen LogP contribution >= 0.6 is 15.9 Å². The molecular formula is C24H24BrN3O2. The van der Waals surface area contributed by atoms with E-state index in [9.17, 15) is 9.59 Å². The molecule has 154 valence electrons. The standard InChI is InChI=1S/C24H24BrN3O2/c1-13-4-9-19(11-20(13)25)27-14(2)10-18(15(27)3)12-26-28-23(29)21-16-5-6-17(8-7-16)22(21)24(28)30/h4-6,9-12,16-17,21-22H,7-8H2,1-3H3/b26-12-/t16-,17-,21-,22-/m0/s1. The number of aromatic nitrogens is 1.